The molecule has 1 aromatic rings. The van der Waals surface area contributed by atoms with Crippen LogP contribution in [0.1, 0.15) is 0 Å². The summed E-state index contributed by atoms with van der Waals surface area (Å²) in [5.41, 5.74) is 0.756. The minimum atomic E-state index is -1.03. The minimum absolute atomic E-state index is 0.0829. The number of benzene rings is 1. The summed E-state index contributed by atoms with van der Waals surface area (Å²) in [4.78, 5) is 23.6. The molecule has 0 aliphatic carbocycles. The molecule has 1 heterocycles. The first-order valence-corrected chi connectivity index (χ1v) is 5.49. The van der Waals surface area contributed by atoms with Crippen LogP contribution in [0.2, 0.25) is 0 Å². The summed E-state index contributed by atoms with van der Waals surface area (Å²) in [5.74, 6) is -0.648. The van der Waals surface area contributed by atoms with Crippen LogP contribution in [0.4, 0.5) is 5.69 Å². The number of ether oxygens (including phenoxy) is 2. The van der Waals surface area contributed by atoms with Crippen molar-refractivity contribution in [2.45, 2.75) is 0 Å². The zero-order chi connectivity index (χ0) is 13.0. The number of carbonyl (C=O) groups is 2. The van der Waals surface area contributed by atoms with E-state index in [2.05, 4.69) is 0 Å². The molecule has 1 aliphatic rings. The van der Waals surface area contributed by atoms with Crippen molar-refractivity contribution in [1.29, 1.82) is 0 Å². The molecule has 0 atom stereocenters. The molecule has 2 rings (SSSR count). The van der Waals surface area contributed by atoms with Gasteiger partial charge in [0.25, 0.3) is 5.91 Å². The topological polar surface area (TPSA) is 76.1 Å². The number of aliphatic carboxylic acids is 1. The van der Waals surface area contributed by atoms with Gasteiger partial charge in [0.2, 0.25) is 0 Å². The van der Waals surface area contributed by atoms with E-state index in [4.69, 9.17) is 14.6 Å². The molecule has 18 heavy (non-hydrogen) atoms. The van der Waals surface area contributed by atoms with E-state index in [1.807, 2.05) is 0 Å². The maximum atomic E-state index is 11.6. The lowest BCUT2D eigenvalue weighted by Crippen LogP contribution is -2.41. The first-order valence-electron chi connectivity index (χ1n) is 5.49. The van der Waals surface area contributed by atoms with Crippen molar-refractivity contribution in [1.82, 2.24) is 0 Å². The largest absolute Gasteiger partial charge is 0.482 e. The van der Waals surface area contributed by atoms with Crippen LogP contribution in [-0.2, 0) is 14.3 Å². The number of carboxylic acid groups (broad SMARTS) is 1. The summed E-state index contributed by atoms with van der Waals surface area (Å²) in [6.07, 6.45) is 0. The fourth-order valence-electron chi connectivity index (χ4n) is 1.66. The maximum absolute atomic E-state index is 11.6. The summed E-state index contributed by atoms with van der Waals surface area (Å²) < 4.78 is 10.0. The Morgan fingerprint density at radius 1 is 1.39 bits per heavy atom. The van der Waals surface area contributed by atoms with Gasteiger partial charge in [-0.3, -0.25) is 4.79 Å². The van der Waals surface area contributed by atoms with Crippen LogP contribution < -0.4 is 9.64 Å². The molecule has 1 saturated heterocycles. The molecular formula is C12H13NO5. The van der Waals surface area contributed by atoms with Crippen LogP contribution in [0.15, 0.2) is 24.3 Å². The third kappa shape index (κ3) is 2.98. The number of carbonyl (C=O) groups excluding carboxylic acids is 1. The van der Waals surface area contributed by atoms with E-state index >= 15 is 0 Å². The van der Waals surface area contributed by atoms with E-state index in [0.29, 0.717) is 18.9 Å². The second kappa shape index (κ2) is 5.50. The van der Waals surface area contributed by atoms with Crippen LogP contribution in [0.5, 0.6) is 5.75 Å². The molecule has 1 fully saturated rings. The number of nitrogens with zero attached hydrogens (tertiary/aromatic N) is 1. The van der Waals surface area contributed by atoms with Gasteiger partial charge in [-0.1, -0.05) is 0 Å². The van der Waals surface area contributed by atoms with Crippen molar-refractivity contribution in [3.63, 3.8) is 0 Å². The molecule has 0 aromatic heterocycles. The molecule has 1 amide bonds. The van der Waals surface area contributed by atoms with E-state index < -0.39 is 5.97 Å². The molecule has 1 N–H and O–H groups in total. The Kier molecular flexibility index (Phi) is 3.78. The van der Waals surface area contributed by atoms with E-state index in [9.17, 15) is 9.59 Å². The quantitative estimate of drug-likeness (QED) is 0.844. The lowest BCUT2D eigenvalue weighted by molar-refractivity contribution is -0.139. The lowest BCUT2D eigenvalue weighted by atomic mass is 10.2. The number of morpholine rings is 1. The van der Waals surface area contributed by atoms with Crippen LogP contribution in [0.3, 0.4) is 0 Å². The summed E-state index contributed by atoms with van der Waals surface area (Å²) in [6, 6.07) is 6.73. The fraction of sp³-hybridized carbons (Fsp3) is 0.333. The molecule has 6 nitrogen and oxygen atoms in total. The highest BCUT2D eigenvalue weighted by Gasteiger charge is 2.19. The fourth-order valence-corrected chi connectivity index (χ4v) is 1.66. The predicted molar refractivity (Wildman–Crippen MR) is 62.7 cm³/mol. The van der Waals surface area contributed by atoms with Crippen molar-refractivity contribution < 1.29 is 24.2 Å². The van der Waals surface area contributed by atoms with E-state index in [-0.39, 0.29) is 19.1 Å². The first kappa shape index (κ1) is 12.4. The van der Waals surface area contributed by atoms with Gasteiger partial charge in [-0.15, -0.1) is 0 Å². The number of rotatable bonds is 4. The van der Waals surface area contributed by atoms with Crippen LogP contribution >= 0.6 is 0 Å². The van der Waals surface area contributed by atoms with Gasteiger partial charge in [0.1, 0.15) is 12.4 Å². The van der Waals surface area contributed by atoms with Gasteiger partial charge in [-0.2, -0.15) is 0 Å². The molecule has 0 spiro atoms. The Labute approximate surface area is 104 Å². The van der Waals surface area contributed by atoms with Crippen molar-refractivity contribution in [2.75, 3.05) is 31.3 Å². The number of hydrogen-bond donors (Lipinski definition) is 1. The highest BCUT2D eigenvalue weighted by molar-refractivity contribution is 5.94. The Balaban J connectivity index is 2.02. The number of amides is 1. The molecule has 0 radical (unpaired) electrons. The molecule has 1 aliphatic heterocycles. The third-order valence-corrected chi connectivity index (χ3v) is 2.50. The van der Waals surface area contributed by atoms with Gasteiger partial charge in [0, 0.05) is 12.2 Å². The van der Waals surface area contributed by atoms with Gasteiger partial charge in [-0.05, 0) is 24.3 Å². The lowest BCUT2D eigenvalue weighted by Gasteiger charge is -2.26. The number of anilines is 1. The standard InChI is InChI=1S/C12H13NO5/c14-11-7-17-6-5-13(11)9-1-3-10(4-2-9)18-8-12(15)16/h1-4H,5-8H2,(H,15,16). The summed E-state index contributed by atoms with van der Waals surface area (Å²) in [5, 5.41) is 8.48. The van der Waals surface area contributed by atoms with Crippen molar-refractivity contribution in [3.05, 3.63) is 24.3 Å². The summed E-state index contributed by atoms with van der Waals surface area (Å²) in [7, 11) is 0. The monoisotopic (exact) mass is 251 g/mol. The van der Waals surface area contributed by atoms with Crippen LogP contribution in [0.25, 0.3) is 0 Å². The Bertz CT molecular complexity index is 442. The molecule has 0 unspecified atom stereocenters. The van der Waals surface area contributed by atoms with Gasteiger partial charge >= 0.3 is 5.97 Å². The van der Waals surface area contributed by atoms with E-state index in [0.717, 1.165) is 5.69 Å². The average Bonchev–Trinajstić information content (AvgIpc) is 2.38. The van der Waals surface area contributed by atoms with Gasteiger partial charge in [0.05, 0.1) is 6.61 Å². The minimum Gasteiger partial charge on any atom is -0.482 e. The smallest absolute Gasteiger partial charge is 0.341 e. The van der Waals surface area contributed by atoms with Gasteiger partial charge < -0.3 is 19.5 Å². The van der Waals surface area contributed by atoms with Crippen molar-refractivity contribution in [2.24, 2.45) is 0 Å². The van der Waals surface area contributed by atoms with Crippen LogP contribution in [-0.4, -0.2) is 43.3 Å². The highest BCUT2D eigenvalue weighted by Crippen LogP contribution is 2.20. The SMILES string of the molecule is O=C(O)COc1ccc(N2CCOCC2=O)cc1. The molecule has 0 saturated carbocycles. The summed E-state index contributed by atoms with van der Waals surface area (Å²) in [6.45, 7) is 0.754. The Morgan fingerprint density at radius 2 is 2.11 bits per heavy atom. The second-order valence-electron chi connectivity index (χ2n) is 3.77. The normalized spacial score (nSPS) is 15.6. The molecular weight excluding hydrogens is 238 g/mol. The molecule has 96 valence electrons. The zero-order valence-electron chi connectivity index (χ0n) is 9.67. The van der Waals surface area contributed by atoms with Crippen LogP contribution in [0, 0.1) is 0 Å². The zero-order valence-corrected chi connectivity index (χ0v) is 9.67. The predicted octanol–water partition coefficient (Wildman–Crippen LogP) is 0.513. The van der Waals surface area contributed by atoms with Gasteiger partial charge in [0.15, 0.2) is 6.61 Å². The Hall–Kier alpha value is -2.08. The second-order valence-corrected chi connectivity index (χ2v) is 3.77. The third-order valence-electron chi connectivity index (χ3n) is 2.50. The van der Waals surface area contributed by atoms with E-state index in [1.165, 1.54) is 0 Å². The highest BCUT2D eigenvalue weighted by atomic mass is 16.5. The number of carboxylic acids is 1. The maximum Gasteiger partial charge on any atom is 0.341 e. The number of hydrogen-bond acceptors (Lipinski definition) is 4. The average molecular weight is 251 g/mol. The Morgan fingerprint density at radius 3 is 2.72 bits per heavy atom. The van der Waals surface area contributed by atoms with Crippen molar-refractivity contribution >= 4 is 17.6 Å². The van der Waals surface area contributed by atoms with Gasteiger partial charge in [-0.25, -0.2) is 4.79 Å². The molecule has 6 heteroatoms. The van der Waals surface area contributed by atoms with Crippen molar-refractivity contribution in [3.8, 4) is 5.75 Å². The molecule has 0 bridgehead atoms. The summed E-state index contributed by atoms with van der Waals surface area (Å²) >= 11 is 0. The molecule has 1 aromatic carbocycles. The van der Waals surface area contributed by atoms with E-state index in [1.54, 1.807) is 29.2 Å². The first-order chi connectivity index (χ1) is 8.66.